The van der Waals surface area contributed by atoms with E-state index in [2.05, 4.69) is 0 Å². The Morgan fingerprint density at radius 2 is 2.00 bits per heavy atom. The number of carboxylic acids is 1. The molecule has 1 aliphatic carbocycles. The van der Waals surface area contributed by atoms with Crippen molar-refractivity contribution in [2.24, 2.45) is 11.3 Å². The van der Waals surface area contributed by atoms with Gasteiger partial charge in [0, 0.05) is 0 Å². The van der Waals surface area contributed by atoms with Gasteiger partial charge in [0.05, 0.1) is 7.11 Å². The minimum atomic E-state index is -1.46. The normalized spacial score (nSPS) is 18.2. The molecule has 0 spiro atoms. The third-order valence-corrected chi connectivity index (χ3v) is 4.55. The van der Waals surface area contributed by atoms with Gasteiger partial charge >= 0.3 is 11.9 Å². The lowest BCUT2D eigenvalue weighted by Crippen LogP contribution is -2.47. The van der Waals surface area contributed by atoms with Crippen LogP contribution in [0.25, 0.3) is 0 Å². The van der Waals surface area contributed by atoms with Crippen LogP contribution in [0.15, 0.2) is 24.3 Å². The summed E-state index contributed by atoms with van der Waals surface area (Å²) in [6, 6.07) is 7.67. The number of carbonyl (C=O) groups is 2. The third-order valence-electron chi connectivity index (χ3n) is 4.55. The molecule has 0 radical (unpaired) electrons. The fourth-order valence-electron chi connectivity index (χ4n) is 3.47. The maximum Gasteiger partial charge on any atom is 0.323 e. The highest BCUT2D eigenvalue weighted by atomic mass is 16.5. The lowest BCUT2D eigenvalue weighted by Gasteiger charge is -2.32. The van der Waals surface area contributed by atoms with E-state index in [0.29, 0.717) is 0 Å². The molecule has 0 bridgehead atoms. The molecule has 1 aromatic rings. The van der Waals surface area contributed by atoms with Crippen molar-refractivity contribution < 1.29 is 19.4 Å². The summed E-state index contributed by atoms with van der Waals surface area (Å²) in [6.07, 6.45) is 3.69. The van der Waals surface area contributed by atoms with Crippen LogP contribution in [0.4, 0.5) is 0 Å². The Kier molecular flexibility index (Phi) is 4.66. The zero-order valence-corrected chi connectivity index (χ0v) is 12.6. The molecule has 1 N–H and O–H groups in total. The monoisotopic (exact) mass is 290 g/mol. The number of carbonyl (C=O) groups excluding carboxylic acids is 1. The van der Waals surface area contributed by atoms with Crippen molar-refractivity contribution in [1.29, 1.82) is 0 Å². The number of hydrogen-bond donors (Lipinski definition) is 1. The van der Waals surface area contributed by atoms with Gasteiger partial charge < -0.3 is 9.84 Å². The smallest absolute Gasteiger partial charge is 0.323 e. The fourth-order valence-corrected chi connectivity index (χ4v) is 3.47. The molecule has 4 heteroatoms. The topological polar surface area (TPSA) is 63.6 Å². The molecule has 21 heavy (non-hydrogen) atoms. The molecular formula is C17H22O4. The van der Waals surface area contributed by atoms with E-state index in [1.165, 1.54) is 7.11 Å². The summed E-state index contributed by atoms with van der Waals surface area (Å²) in [6.45, 7) is 1.96. The Labute approximate surface area is 125 Å². The Morgan fingerprint density at radius 3 is 2.52 bits per heavy atom. The van der Waals surface area contributed by atoms with Crippen LogP contribution in [0, 0.1) is 18.3 Å². The van der Waals surface area contributed by atoms with Gasteiger partial charge in [0.2, 0.25) is 0 Å². The molecule has 1 atom stereocenters. The number of rotatable bonds is 5. The predicted octanol–water partition coefficient (Wildman–Crippen LogP) is 2.97. The van der Waals surface area contributed by atoms with Crippen molar-refractivity contribution in [3.05, 3.63) is 35.4 Å². The van der Waals surface area contributed by atoms with E-state index in [1.807, 2.05) is 31.2 Å². The van der Waals surface area contributed by atoms with Crippen molar-refractivity contribution in [1.82, 2.24) is 0 Å². The third kappa shape index (κ3) is 2.94. The highest BCUT2D eigenvalue weighted by Gasteiger charge is 2.54. The van der Waals surface area contributed by atoms with Crippen molar-refractivity contribution in [2.75, 3.05) is 7.11 Å². The molecule has 1 unspecified atom stereocenters. The molecule has 0 saturated heterocycles. The van der Waals surface area contributed by atoms with Crippen LogP contribution in [-0.4, -0.2) is 24.2 Å². The molecule has 0 aliphatic heterocycles. The number of hydrogen-bond acceptors (Lipinski definition) is 3. The van der Waals surface area contributed by atoms with Gasteiger partial charge in [-0.05, 0) is 37.7 Å². The van der Waals surface area contributed by atoms with Crippen molar-refractivity contribution in [3.63, 3.8) is 0 Å². The van der Waals surface area contributed by atoms with Gasteiger partial charge in [0.15, 0.2) is 5.41 Å². The minimum absolute atomic E-state index is 0.150. The van der Waals surface area contributed by atoms with Crippen LogP contribution in [0.2, 0.25) is 0 Å². The van der Waals surface area contributed by atoms with Gasteiger partial charge in [-0.1, -0.05) is 42.7 Å². The molecule has 1 saturated carbocycles. The van der Waals surface area contributed by atoms with E-state index in [4.69, 9.17) is 4.74 Å². The molecule has 0 amide bonds. The quantitative estimate of drug-likeness (QED) is 0.669. The lowest BCUT2D eigenvalue weighted by molar-refractivity contribution is -0.171. The largest absolute Gasteiger partial charge is 0.480 e. The maximum atomic E-state index is 12.3. The molecule has 1 aliphatic rings. The summed E-state index contributed by atoms with van der Waals surface area (Å²) in [5.41, 5.74) is 0.469. The Morgan fingerprint density at radius 1 is 1.33 bits per heavy atom. The summed E-state index contributed by atoms with van der Waals surface area (Å²) in [4.78, 5) is 24.3. The van der Waals surface area contributed by atoms with E-state index < -0.39 is 17.4 Å². The SMILES string of the molecule is COC(=O)C(Cc1cccc(C)c1)(C(=O)O)C1CCCC1. The van der Waals surface area contributed by atoms with E-state index in [9.17, 15) is 14.7 Å². The first-order chi connectivity index (χ1) is 10.0. The summed E-state index contributed by atoms with van der Waals surface area (Å²) < 4.78 is 4.87. The molecule has 0 aromatic heterocycles. The second-order valence-electron chi connectivity index (χ2n) is 5.92. The number of benzene rings is 1. The van der Waals surface area contributed by atoms with Crippen LogP contribution < -0.4 is 0 Å². The van der Waals surface area contributed by atoms with Crippen molar-refractivity contribution in [2.45, 2.75) is 39.0 Å². The number of ether oxygens (including phenoxy) is 1. The number of aryl methyl sites for hydroxylation is 1. The second-order valence-corrected chi connectivity index (χ2v) is 5.92. The average Bonchev–Trinajstić information content (AvgIpc) is 2.98. The lowest BCUT2D eigenvalue weighted by atomic mass is 9.70. The van der Waals surface area contributed by atoms with Gasteiger partial charge in [-0.2, -0.15) is 0 Å². The summed E-state index contributed by atoms with van der Waals surface area (Å²) in [5.74, 6) is -1.84. The maximum absolute atomic E-state index is 12.3. The Balaban J connectivity index is 2.42. The molecular weight excluding hydrogens is 268 g/mol. The zero-order valence-electron chi connectivity index (χ0n) is 12.6. The molecule has 1 aromatic carbocycles. The van der Waals surface area contributed by atoms with Crippen LogP contribution in [0.1, 0.15) is 36.8 Å². The average molecular weight is 290 g/mol. The summed E-state index contributed by atoms with van der Waals surface area (Å²) in [5, 5.41) is 9.82. The number of carboxylic acid groups (broad SMARTS) is 1. The first-order valence-electron chi connectivity index (χ1n) is 7.38. The minimum Gasteiger partial charge on any atom is -0.480 e. The van der Waals surface area contributed by atoms with Gasteiger partial charge in [-0.25, -0.2) is 0 Å². The number of esters is 1. The van der Waals surface area contributed by atoms with Gasteiger partial charge in [-0.3, -0.25) is 9.59 Å². The molecule has 2 rings (SSSR count). The highest BCUT2D eigenvalue weighted by molar-refractivity contribution is 6.00. The predicted molar refractivity (Wildman–Crippen MR) is 78.9 cm³/mol. The standard InChI is InChI=1S/C17H22O4/c1-12-6-5-7-13(10-12)11-17(15(18)19,16(20)21-2)14-8-3-4-9-14/h5-7,10,14H,3-4,8-9,11H2,1-2H3,(H,18,19). The van der Waals surface area contributed by atoms with E-state index >= 15 is 0 Å². The van der Waals surface area contributed by atoms with Gasteiger partial charge in [0.1, 0.15) is 0 Å². The van der Waals surface area contributed by atoms with Crippen LogP contribution >= 0.6 is 0 Å². The van der Waals surface area contributed by atoms with Crippen LogP contribution in [0.5, 0.6) is 0 Å². The fraction of sp³-hybridized carbons (Fsp3) is 0.529. The number of methoxy groups -OCH3 is 1. The van der Waals surface area contributed by atoms with Crippen molar-refractivity contribution >= 4 is 11.9 Å². The molecule has 4 nitrogen and oxygen atoms in total. The molecule has 114 valence electrons. The molecule has 0 heterocycles. The van der Waals surface area contributed by atoms with Gasteiger partial charge in [0.25, 0.3) is 0 Å². The van der Waals surface area contributed by atoms with Crippen molar-refractivity contribution in [3.8, 4) is 0 Å². The van der Waals surface area contributed by atoms with E-state index in [-0.39, 0.29) is 12.3 Å². The zero-order chi connectivity index (χ0) is 15.5. The highest BCUT2D eigenvalue weighted by Crippen LogP contribution is 2.43. The van der Waals surface area contributed by atoms with Crippen LogP contribution in [0.3, 0.4) is 0 Å². The Hall–Kier alpha value is -1.84. The van der Waals surface area contributed by atoms with Gasteiger partial charge in [-0.15, -0.1) is 0 Å². The summed E-state index contributed by atoms with van der Waals surface area (Å²) in [7, 11) is 1.27. The molecule has 1 fully saturated rings. The second kappa shape index (κ2) is 6.29. The van der Waals surface area contributed by atoms with E-state index in [0.717, 1.165) is 36.8 Å². The Bertz CT molecular complexity index is 531. The first kappa shape index (κ1) is 15.5. The van der Waals surface area contributed by atoms with E-state index in [1.54, 1.807) is 0 Å². The van der Waals surface area contributed by atoms with Crippen LogP contribution in [-0.2, 0) is 20.7 Å². The first-order valence-corrected chi connectivity index (χ1v) is 7.38. The number of aliphatic carboxylic acids is 1. The summed E-state index contributed by atoms with van der Waals surface area (Å²) >= 11 is 0.